The highest BCUT2D eigenvalue weighted by molar-refractivity contribution is 6.11. The van der Waals surface area contributed by atoms with Gasteiger partial charge in [0.1, 0.15) is 0 Å². The van der Waals surface area contributed by atoms with E-state index in [1.54, 1.807) is 0 Å². The van der Waals surface area contributed by atoms with Gasteiger partial charge < -0.3 is 9.47 Å². The van der Waals surface area contributed by atoms with E-state index in [0.29, 0.717) is 11.8 Å². The quantitative estimate of drug-likeness (QED) is 0.112. The molecule has 0 saturated carbocycles. The largest absolute Gasteiger partial charge is 0.311 e. The molecule has 12 rings (SSSR count). The maximum absolute atomic E-state index is 2.42. The number of anilines is 3. The molecule has 344 valence electrons. The van der Waals surface area contributed by atoms with Crippen LogP contribution in [0.15, 0.2) is 237 Å². The van der Waals surface area contributed by atoms with Gasteiger partial charge in [-0.3, -0.25) is 0 Å². The Balaban J connectivity index is 0.798. The second-order valence-electron chi connectivity index (χ2n) is 19.7. The van der Waals surface area contributed by atoms with Gasteiger partial charge in [-0.05, 0) is 184 Å². The van der Waals surface area contributed by atoms with E-state index < -0.39 is 0 Å². The van der Waals surface area contributed by atoms with Crippen molar-refractivity contribution in [2.75, 3.05) is 4.90 Å². The van der Waals surface area contributed by atoms with Gasteiger partial charge in [-0.15, -0.1) is 0 Å². The molecule has 1 aliphatic carbocycles. The molecule has 1 heterocycles. The monoisotopic (exact) mass is 914 g/mol. The van der Waals surface area contributed by atoms with Gasteiger partial charge in [0.15, 0.2) is 0 Å². The molecule has 0 fully saturated rings. The number of hydrogen-bond donors (Lipinski definition) is 0. The lowest BCUT2D eigenvalue weighted by Crippen LogP contribution is -2.09. The number of fused-ring (bicyclic) bond motifs is 4. The molecule has 0 bridgehead atoms. The third-order valence-corrected chi connectivity index (χ3v) is 15.3. The SMILES string of the molecule is CCC(CC(C)c1ccc(-c2ccc3c(c2)c2cc(-c4ccc(N(c5ccccc5)c5ccccc5)cc4)ccc2n3-c2ccc(C)cc2)cc1)c1ccc(-c2ccc(-c3ccc4c(c3)CC4)cc2)cc1. The molecule has 2 unspecified atom stereocenters. The lowest BCUT2D eigenvalue weighted by molar-refractivity contribution is 0.544. The summed E-state index contributed by atoms with van der Waals surface area (Å²) >= 11 is 0. The Hall–Kier alpha value is -8.20. The molecule has 2 nitrogen and oxygen atoms in total. The number of aromatic nitrogens is 1. The summed E-state index contributed by atoms with van der Waals surface area (Å²) in [6.07, 6.45) is 4.66. The van der Waals surface area contributed by atoms with Crippen LogP contribution in [0.5, 0.6) is 0 Å². The Bertz CT molecular complexity index is 3580. The van der Waals surface area contributed by atoms with E-state index in [4.69, 9.17) is 0 Å². The van der Waals surface area contributed by atoms with E-state index in [1.807, 2.05) is 0 Å². The van der Waals surface area contributed by atoms with Gasteiger partial charge in [-0.1, -0.05) is 183 Å². The first-order valence-corrected chi connectivity index (χ1v) is 25.5. The first-order chi connectivity index (χ1) is 34.9. The normalized spacial score (nSPS) is 12.9. The number of nitrogens with zero attached hydrogens (tertiary/aromatic N) is 2. The van der Waals surface area contributed by atoms with Crippen LogP contribution < -0.4 is 4.90 Å². The molecule has 2 heteroatoms. The molecule has 1 aliphatic rings. The van der Waals surface area contributed by atoms with Crippen molar-refractivity contribution >= 4 is 38.9 Å². The lowest BCUT2D eigenvalue weighted by atomic mass is 9.84. The summed E-state index contributed by atoms with van der Waals surface area (Å²) in [7, 11) is 0. The van der Waals surface area contributed by atoms with E-state index in [9.17, 15) is 0 Å². The second kappa shape index (κ2) is 18.9. The molecule has 11 aromatic rings. The third kappa shape index (κ3) is 8.65. The van der Waals surface area contributed by atoms with Gasteiger partial charge in [-0.2, -0.15) is 0 Å². The average molecular weight is 915 g/mol. The fourth-order valence-electron chi connectivity index (χ4n) is 11.0. The average Bonchev–Trinajstić information content (AvgIpc) is 3.75. The molecule has 0 radical (unpaired) electrons. The van der Waals surface area contributed by atoms with Crippen LogP contribution in [0.4, 0.5) is 17.1 Å². The molecular formula is C69H58N2. The standard InChI is InChI=1S/C69H58N2/c1-4-49(51-21-23-52(24-22-51)53-25-27-54(28-26-53)58-31-29-55-30-32-59(55)44-58)43-48(3)50-17-19-56(20-18-50)60-35-41-68-66(45-60)67-46-61(36-42-69(67)71(68)65-37-15-47(2)16-38-65)57-33-39-64(40-34-57)70(62-11-7-5-8-12-62)63-13-9-6-10-14-63/h5-29,31,33-42,44-46,48-49H,4,30,32,43H2,1-3H3. The molecule has 0 saturated heterocycles. The van der Waals surface area contributed by atoms with Gasteiger partial charge in [0, 0.05) is 33.5 Å². The first-order valence-electron chi connectivity index (χ1n) is 25.5. The Morgan fingerprint density at radius 3 is 1.32 bits per heavy atom. The van der Waals surface area contributed by atoms with Crippen LogP contribution in [0.1, 0.15) is 66.3 Å². The van der Waals surface area contributed by atoms with Gasteiger partial charge in [0.25, 0.3) is 0 Å². The van der Waals surface area contributed by atoms with E-state index in [1.165, 1.54) is 113 Å². The molecule has 0 N–H and O–H groups in total. The predicted molar refractivity (Wildman–Crippen MR) is 302 cm³/mol. The maximum atomic E-state index is 2.42. The summed E-state index contributed by atoms with van der Waals surface area (Å²) in [4.78, 5) is 2.31. The van der Waals surface area contributed by atoms with Gasteiger partial charge in [0.05, 0.1) is 11.0 Å². The molecule has 0 amide bonds. The van der Waals surface area contributed by atoms with Crippen molar-refractivity contribution < 1.29 is 0 Å². The minimum atomic E-state index is 0.429. The highest BCUT2D eigenvalue weighted by Gasteiger charge is 2.19. The zero-order valence-corrected chi connectivity index (χ0v) is 40.9. The number of benzene rings is 10. The summed E-state index contributed by atoms with van der Waals surface area (Å²) < 4.78 is 2.42. The Morgan fingerprint density at radius 2 is 0.831 bits per heavy atom. The van der Waals surface area contributed by atoms with Crippen LogP contribution in [0.3, 0.4) is 0 Å². The van der Waals surface area contributed by atoms with Crippen molar-refractivity contribution in [1.82, 2.24) is 4.57 Å². The van der Waals surface area contributed by atoms with Gasteiger partial charge in [-0.25, -0.2) is 0 Å². The number of aryl methyl sites for hydroxylation is 3. The Labute approximate surface area is 419 Å². The van der Waals surface area contributed by atoms with Crippen LogP contribution in [0, 0.1) is 6.92 Å². The van der Waals surface area contributed by atoms with Crippen LogP contribution in [0.25, 0.3) is 72.0 Å². The Morgan fingerprint density at radius 1 is 0.408 bits per heavy atom. The first kappa shape index (κ1) is 44.0. The van der Waals surface area contributed by atoms with Crippen molar-refractivity contribution in [3.8, 4) is 50.2 Å². The van der Waals surface area contributed by atoms with E-state index in [-0.39, 0.29) is 0 Å². The molecular weight excluding hydrogens is 857 g/mol. The van der Waals surface area contributed by atoms with E-state index in [2.05, 4.69) is 267 Å². The van der Waals surface area contributed by atoms with Crippen molar-refractivity contribution in [1.29, 1.82) is 0 Å². The van der Waals surface area contributed by atoms with E-state index >= 15 is 0 Å². The maximum Gasteiger partial charge on any atom is 0.0541 e. The molecule has 71 heavy (non-hydrogen) atoms. The van der Waals surface area contributed by atoms with Crippen molar-refractivity contribution in [2.24, 2.45) is 0 Å². The minimum Gasteiger partial charge on any atom is -0.311 e. The summed E-state index contributed by atoms with van der Waals surface area (Å²) in [6.45, 7) is 6.88. The fraction of sp³-hybridized carbons (Fsp3) is 0.130. The zero-order chi connectivity index (χ0) is 47.8. The lowest BCUT2D eigenvalue weighted by Gasteiger charge is -2.25. The van der Waals surface area contributed by atoms with Crippen molar-refractivity contribution in [2.45, 2.75) is 58.3 Å². The molecule has 10 aromatic carbocycles. The number of hydrogen-bond acceptors (Lipinski definition) is 1. The van der Waals surface area contributed by atoms with Crippen LogP contribution in [-0.2, 0) is 12.8 Å². The highest BCUT2D eigenvalue weighted by Crippen LogP contribution is 2.41. The van der Waals surface area contributed by atoms with Crippen LogP contribution in [-0.4, -0.2) is 4.57 Å². The van der Waals surface area contributed by atoms with E-state index in [0.717, 1.165) is 29.9 Å². The summed E-state index contributed by atoms with van der Waals surface area (Å²) in [5.41, 5.74) is 24.1. The summed E-state index contributed by atoms with van der Waals surface area (Å²) in [5.74, 6) is 0.921. The molecule has 1 aromatic heterocycles. The van der Waals surface area contributed by atoms with Crippen molar-refractivity contribution in [3.05, 3.63) is 264 Å². The number of rotatable bonds is 13. The smallest absolute Gasteiger partial charge is 0.0541 e. The van der Waals surface area contributed by atoms with Gasteiger partial charge >= 0.3 is 0 Å². The molecule has 0 spiro atoms. The summed E-state index contributed by atoms with van der Waals surface area (Å²) in [6, 6.07) is 87.9. The van der Waals surface area contributed by atoms with Crippen LogP contribution >= 0.6 is 0 Å². The topological polar surface area (TPSA) is 8.17 Å². The zero-order valence-electron chi connectivity index (χ0n) is 40.9. The summed E-state index contributed by atoms with van der Waals surface area (Å²) in [5, 5.41) is 2.50. The van der Waals surface area contributed by atoms with Crippen molar-refractivity contribution in [3.63, 3.8) is 0 Å². The Kier molecular flexibility index (Phi) is 11.8. The molecule has 2 atom stereocenters. The predicted octanol–water partition coefficient (Wildman–Crippen LogP) is 19.0. The van der Waals surface area contributed by atoms with Gasteiger partial charge in [0.2, 0.25) is 0 Å². The van der Waals surface area contributed by atoms with Crippen LogP contribution in [0.2, 0.25) is 0 Å². The fourth-order valence-corrected chi connectivity index (χ4v) is 11.0. The minimum absolute atomic E-state index is 0.429. The third-order valence-electron chi connectivity index (χ3n) is 15.3. The molecule has 0 aliphatic heterocycles. The highest BCUT2D eigenvalue weighted by atomic mass is 15.1. The second-order valence-corrected chi connectivity index (χ2v) is 19.7. The number of para-hydroxylation sites is 2.